The number of carbonyl (C=O) groups is 1. The van der Waals surface area contributed by atoms with Crippen molar-refractivity contribution in [3.8, 4) is 0 Å². The Morgan fingerprint density at radius 2 is 1.67 bits per heavy atom. The van der Waals surface area contributed by atoms with E-state index in [-0.39, 0.29) is 28.4 Å². The fourth-order valence-corrected chi connectivity index (χ4v) is 3.88. The molecule has 176 valence electrons. The van der Waals surface area contributed by atoms with Crippen LogP contribution in [0.2, 0.25) is 0 Å². The summed E-state index contributed by atoms with van der Waals surface area (Å²) >= 11 is 0. The van der Waals surface area contributed by atoms with Crippen LogP contribution in [0, 0.1) is 0 Å². The molecule has 2 heterocycles. The summed E-state index contributed by atoms with van der Waals surface area (Å²) in [6.07, 6.45) is 0. The van der Waals surface area contributed by atoms with Gasteiger partial charge in [0.25, 0.3) is 11.5 Å². The number of carbonyl (C=O) groups excluding carboxylic acids is 1. The van der Waals surface area contributed by atoms with Crippen molar-refractivity contribution in [1.29, 1.82) is 0 Å². The molecule has 0 radical (unpaired) electrons. The van der Waals surface area contributed by atoms with Gasteiger partial charge in [-0.2, -0.15) is 0 Å². The Morgan fingerprint density at radius 1 is 1.06 bits per heavy atom. The molecule has 8 nitrogen and oxygen atoms in total. The molecule has 0 unspecified atom stereocenters. The molecule has 1 amide bonds. The van der Waals surface area contributed by atoms with Gasteiger partial charge in [0.2, 0.25) is 0 Å². The lowest BCUT2D eigenvalue weighted by molar-refractivity contribution is 0.0754. The van der Waals surface area contributed by atoms with Crippen LogP contribution in [0.4, 0.5) is 0 Å². The molecule has 1 N–H and O–H groups in total. The van der Waals surface area contributed by atoms with Gasteiger partial charge >= 0.3 is 5.69 Å². The average Bonchev–Trinajstić information content (AvgIpc) is 2.77. The van der Waals surface area contributed by atoms with Crippen molar-refractivity contribution in [1.82, 2.24) is 24.3 Å². The zero-order valence-corrected chi connectivity index (χ0v) is 20.3. The predicted molar refractivity (Wildman–Crippen MR) is 131 cm³/mol. The van der Waals surface area contributed by atoms with E-state index in [9.17, 15) is 14.4 Å². The highest BCUT2D eigenvalue weighted by molar-refractivity contribution is 6.05. The monoisotopic (exact) mass is 451 g/mol. The molecule has 0 spiro atoms. The Morgan fingerprint density at radius 3 is 2.18 bits per heavy atom. The average molecular weight is 452 g/mol. The van der Waals surface area contributed by atoms with Crippen LogP contribution < -0.4 is 11.2 Å². The van der Waals surface area contributed by atoms with Crippen LogP contribution in [0.1, 0.15) is 60.8 Å². The van der Waals surface area contributed by atoms with Crippen molar-refractivity contribution < 1.29 is 4.79 Å². The van der Waals surface area contributed by atoms with Crippen molar-refractivity contribution in [3.05, 3.63) is 73.6 Å². The topological polar surface area (TPSA) is 91.3 Å². The van der Waals surface area contributed by atoms with Crippen molar-refractivity contribution in [2.24, 2.45) is 0 Å². The Labute approximate surface area is 193 Å². The number of H-pyrrole nitrogens is 1. The van der Waals surface area contributed by atoms with Crippen LogP contribution in [0.25, 0.3) is 11.0 Å². The molecule has 3 aromatic rings. The van der Waals surface area contributed by atoms with Crippen molar-refractivity contribution in [3.63, 3.8) is 0 Å². The van der Waals surface area contributed by atoms with Gasteiger partial charge in [-0.05, 0) is 51.1 Å². The third-order valence-corrected chi connectivity index (χ3v) is 5.67. The number of aromatic nitrogens is 3. The molecule has 8 heteroatoms. The second-order valence-corrected chi connectivity index (χ2v) is 8.83. The highest BCUT2D eigenvalue weighted by Crippen LogP contribution is 2.22. The molecule has 0 saturated heterocycles. The lowest BCUT2D eigenvalue weighted by atomic mass is 10.0. The van der Waals surface area contributed by atoms with Gasteiger partial charge in [-0.25, -0.2) is 9.78 Å². The first kappa shape index (κ1) is 24.4. The van der Waals surface area contributed by atoms with E-state index < -0.39 is 11.2 Å². The minimum Gasteiger partial charge on any atom is -0.335 e. The van der Waals surface area contributed by atoms with E-state index in [2.05, 4.69) is 27.0 Å². The zero-order valence-electron chi connectivity index (χ0n) is 20.3. The van der Waals surface area contributed by atoms with Crippen LogP contribution in [-0.2, 0) is 19.6 Å². The van der Waals surface area contributed by atoms with Gasteiger partial charge in [-0.3, -0.25) is 19.1 Å². The molecule has 1 aromatic carbocycles. The van der Waals surface area contributed by atoms with Crippen molar-refractivity contribution in [2.75, 3.05) is 20.6 Å². The molecule has 0 aliphatic heterocycles. The minimum atomic E-state index is -0.588. The van der Waals surface area contributed by atoms with E-state index in [1.54, 1.807) is 11.0 Å². The van der Waals surface area contributed by atoms with Crippen LogP contribution in [-0.4, -0.2) is 50.9 Å². The third-order valence-electron chi connectivity index (χ3n) is 5.67. The van der Waals surface area contributed by atoms with Crippen LogP contribution in [0.5, 0.6) is 0 Å². The molecule has 3 rings (SSSR count). The van der Waals surface area contributed by atoms with E-state index in [1.807, 2.05) is 53.9 Å². The maximum absolute atomic E-state index is 13.7. The van der Waals surface area contributed by atoms with Crippen molar-refractivity contribution >= 4 is 16.9 Å². The van der Waals surface area contributed by atoms with Crippen LogP contribution in [0.3, 0.4) is 0 Å². The zero-order chi connectivity index (χ0) is 24.3. The number of pyridine rings is 1. The molecule has 0 saturated carbocycles. The Hall–Kier alpha value is -3.26. The van der Waals surface area contributed by atoms with Gasteiger partial charge in [-0.15, -0.1) is 0 Å². The summed E-state index contributed by atoms with van der Waals surface area (Å²) < 4.78 is 1.40. The fraction of sp³-hybridized carbons (Fsp3) is 0.440. The molecule has 0 fully saturated rings. The van der Waals surface area contributed by atoms with E-state index >= 15 is 0 Å². The number of fused-ring (bicyclic) bond motifs is 1. The third kappa shape index (κ3) is 5.22. The first-order valence-corrected chi connectivity index (χ1v) is 11.4. The maximum Gasteiger partial charge on any atom is 0.329 e. The summed E-state index contributed by atoms with van der Waals surface area (Å²) in [4.78, 5) is 49.5. The normalized spacial score (nSPS) is 11.5. The number of amides is 1. The number of hydrogen-bond acceptors (Lipinski definition) is 5. The van der Waals surface area contributed by atoms with E-state index in [1.165, 1.54) is 10.1 Å². The molecule has 0 atom stereocenters. The van der Waals surface area contributed by atoms with E-state index in [4.69, 9.17) is 0 Å². The largest absolute Gasteiger partial charge is 0.335 e. The van der Waals surface area contributed by atoms with Gasteiger partial charge in [0.05, 0.1) is 10.9 Å². The first-order chi connectivity index (χ1) is 15.7. The fourth-order valence-electron chi connectivity index (χ4n) is 3.88. The molecular formula is C25H33N5O3. The van der Waals surface area contributed by atoms with Gasteiger partial charge < -0.3 is 9.80 Å². The standard InChI is InChI=1S/C25H33N5O3/c1-7-29(15-18-11-9-17(10-12-18)14-28(5)6)24(32)19-13-20(16(3)4)26-22-21(19)23(31)27-25(33)30(22)8-2/h9-13,16H,7-8,14-15H2,1-6H3,(H,27,31,33). The summed E-state index contributed by atoms with van der Waals surface area (Å²) in [5.41, 5.74) is 2.30. The van der Waals surface area contributed by atoms with E-state index in [0.29, 0.717) is 25.3 Å². The molecule has 0 bridgehead atoms. The number of aryl methyl sites for hydroxylation is 1. The Kier molecular flexibility index (Phi) is 7.48. The predicted octanol–water partition coefficient (Wildman–Crippen LogP) is 2.95. The minimum absolute atomic E-state index is 0.0277. The second kappa shape index (κ2) is 10.1. The quantitative estimate of drug-likeness (QED) is 0.569. The van der Waals surface area contributed by atoms with E-state index in [0.717, 1.165) is 12.1 Å². The Balaban J connectivity index is 2.07. The number of nitrogens with one attached hydrogen (secondary N) is 1. The SMILES string of the molecule is CCN(Cc1ccc(CN(C)C)cc1)C(=O)c1cc(C(C)C)nc2c1c(=O)[nH]c(=O)n2CC. The molecular weight excluding hydrogens is 418 g/mol. The number of nitrogens with zero attached hydrogens (tertiary/aromatic N) is 4. The molecule has 0 aliphatic rings. The van der Waals surface area contributed by atoms with Crippen LogP contribution in [0.15, 0.2) is 39.9 Å². The lowest BCUT2D eigenvalue weighted by Crippen LogP contribution is -2.35. The summed E-state index contributed by atoms with van der Waals surface area (Å²) in [7, 11) is 4.05. The van der Waals surface area contributed by atoms with Gasteiger partial charge in [0.15, 0.2) is 5.65 Å². The maximum atomic E-state index is 13.7. The van der Waals surface area contributed by atoms with Gasteiger partial charge in [0, 0.05) is 31.9 Å². The number of rotatable bonds is 8. The first-order valence-electron chi connectivity index (χ1n) is 11.4. The van der Waals surface area contributed by atoms with Gasteiger partial charge in [0.1, 0.15) is 0 Å². The summed E-state index contributed by atoms with van der Waals surface area (Å²) in [5, 5.41) is 0.158. The smallest absolute Gasteiger partial charge is 0.329 e. The molecule has 0 aliphatic carbocycles. The molecule has 33 heavy (non-hydrogen) atoms. The highest BCUT2D eigenvalue weighted by Gasteiger charge is 2.23. The summed E-state index contributed by atoms with van der Waals surface area (Å²) in [5.74, 6) is -0.226. The molecule has 2 aromatic heterocycles. The lowest BCUT2D eigenvalue weighted by Gasteiger charge is -2.23. The van der Waals surface area contributed by atoms with Gasteiger partial charge in [-0.1, -0.05) is 38.1 Å². The number of aromatic amines is 1. The van der Waals surface area contributed by atoms with Crippen molar-refractivity contribution in [2.45, 2.75) is 53.2 Å². The summed E-state index contributed by atoms with van der Waals surface area (Å²) in [6, 6.07) is 9.88. The number of hydrogen-bond donors (Lipinski definition) is 1. The highest BCUT2D eigenvalue weighted by atomic mass is 16.2. The second-order valence-electron chi connectivity index (χ2n) is 8.83. The number of benzene rings is 1. The Bertz CT molecular complexity index is 1260. The van der Waals surface area contributed by atoms with Crippen LogP contribution >= 0.6 is 0 Å². The summed E-state index contributed by atoms with van der Waals surface area (Å²) in [6.45, 7) is 9.74.